The number of anilines is 1. The second kappa shape index (κ2) is 3.79. The Kier molecular flexibility index (Phi) is 2.59. The molecule has 16 heavy (non-hydrogen) atoms. The number of aliphatic hydroxyl groups is 1. The highest BCUT2D eigenvalue weighted by Crippen LogP contribution is 2.31. The molecule has 0 aliphatic heterocycles. The fourth-order valence-corrected chi connectivity index (χ4v) is 1.91. The molecule has 4 N–H and O–H groups in total. The van der Waals surface area contributed by atoms with Crippen molar-refractivity contribution in [1.29, 1.82) is 0 Å². The van der Waals surface area contributed by atoms with Gasteiger partial charge in [0.15, 0.2) is 5.69 Å². The molecule has 0 atom stereocenters. The van der Waals surface area contributed by atoms with Gasteiger partial charge in [-0.3, -0.25) is 9.48 Å². The van der Waals surface area contributed by atoms with E-state index < -0.39 is 5.54 Å². The molecule has 6 heteroatoms. The van der Waals surface area contributed by atoms with E-state index in [1.807, 2.05) is 0 Å². The third-order valence-electron chi connectivity index (χ3n) is 3.06. The largest absolute Gasteiger partial charge is 0.396 e. The normalized spacial score (nSPS) is 17.9. The third-order valence-corrected chi connectivity index (χ3v) is 3.06. The van der Waals surface area contributed by atoms with Gasteiger partial charge in [-0.05, 0) is 19.3 Å². The quantitative estimate of drug-likeness (QED) is 0.654. The number of rotatable bonds is 3. The maximum absolute atomic E-state index is 11.9. The molecule has 0 saturated heterocycles. The van der Waals surface area contributed by atoms with Gasteiger partial charge in [0.1, 0.15) is 0 Å². The minimum atomic E-state index is -0.457. The minimum Gasteiger partial charge on any atom is -0.396 e. The molecule has 2 rings (SSSR count). The Labute approximate surface area is 93.4 Å². The van der Waals surface area contributed by atoms with Gasteiger partial charge in [-0.15, -0.1) is 0 Å². The van der Waals surface area contributed by atoms with Gasteiger partial charge in [0.05, 0.1) is 17.8 Å². The van der Waals surface area contributed by atoms with E-state index in [0.717, 1.165) is 19.3 Å². The Morgan fingerprint density at radius 2 is 2.44 bits per heavy atom. The van der Waals surface area contributed by atoms with Gasteiger partial charge in [-0.1, -0.05) is 0 Å². The molecule has 0 unspecified atom stereocenters. The zero-order chi connectivity index (χ0) is 11.8. The summed E-state index contributed by atoms with van der Waals surface area (Å²) < 4.78 is 1.50. The standard InChI is InChI=1S/C10H16N4O2/c1-14-5-7(11)8(13-14)9(16)12-10(6-15)3-2-4-10/h5,15H,2-4,6,11H2,1H3,(H,12,16). The van der Waals surface area contributed by atoms with Gasteiger partial charge in [-0.25, -0.2) is 0 Å². The maximum atomic E-state index is 11.9. The summed E-state index contributed by atoms with van der Waals surface area (Å²) >= 11 is 0. The molecule has 1 aliphatic rings. The molecule has 88 valence electrons. The van der Waals surface area contributed by atoms with Crippen LogP contribution in [0.1, 0.15) is 29.8 Å². The Bertz CT molecular complexity index is 403. The molecule has 1 saturated carbocycles. The van der Waals surface area contributed by atoms with Crippen molar-refractivity contribution in [1.82, 2.24) is 15.1 Å². The average molecular weight is 224 g/mol. The van der Waals surface area contributed by atoms with Crippen LogP contribution in [0, 0.1) is 0 Å². The predicted octanol–water partition coefficient (Wildman–Crippen LogP) is -0.353. The summed E-state index contributed by atoms with van der Waals surface area (Å²) in [6, 6.07) is 0. The van der Waals surface area contributed by atoms with Crippen LogP contribution in [-0.4, -0.2) is 32.9 Å². The van der Waals surface area contributed by atoms with Crippen LogP contribution in [0.2, 0.25) is 0 Å². The van der Waals surface area contributed by atoms with Crippen molar-refractivity contribution in [3.63, 3.8) is 0 Å². The molecular formula is C10H16N4O2. The number of amides is 1. The van der Waals surface area contributed by atoms with Crippen LogP contribution in [0.3, 0.4) is 0 Å². The number of hydrogen-bond acceptors (Lipinski definition) is 4. The minimum absolute atomic E-state index is 0.0362. The smallest absolute Gasteiger partial charge is 0.274 e. The highest BCUT2D eigenvalue weighted by atomic mass is 16.3. The molecule has 1 aromatic rings. The number of nitrogens with two attached hydrogens (primary N) is 1. The summed E-state index contributed by atoms with van der Waals surface area (Å²) in [6.07, 6.45) is 4.23. The van der Waals surface area contributed by atoms with E-state index in [2.05, 4.69) is 10.4 Å². The van der Waals surface area contributed by atoms with Crippen molar-refractivity contribution >= 4 is 11.6 Å². The number of nitrogen functional groups attached to an aromatic ring is 1. The predicted molar refractivity (Wildman–Crippen MR) is 58.8 cm³/mol. The van der Waals surface area contributed by atoms with Gasteiger partial charge in [0, 0.05) is 13.2 Å². The van der Waals surface area contributed by atoms with Gasteiger partial charge < -0.3 is 16.2 Å². The lowest BCUT2D eigenvalue weighted by molar-refractivity contribution is 0.0638. The Morgan fingerprint density at radius 1 is 1.75 bits per heavy atom. The molecule has 6 nitrogen and oxygen atoms in total. The summed E-state index contributed by atoms with van der Waals surface area (Å²) in [5.41, 5.74) is 5.78. The van der Waals surface area contributed by atoms with E-state index in [1.165, 1.54) is 4.68 Å². The van der Waals surface area contributed by atoms with E-state index >= 15 is 0 Å². The summed E-state index contributed by atoms with van der Waals surface area (Å²) in [5.74, 6) is -0.313. The number of nitrogens with zero attached hydrogens (tertiary/aromatic N) is 2. The van der Waals surface area contributed by atoms with Crippen molar-refractivity contribution in [3.8, 4) is 0 Å². The SMILES string of the molecule is Cn1cc(N)c(C(=O)NC2(CO)CCC2)n1. The number of aryl methyl sites for hydroxylation is 1. The number of aromatic nitrogens is 2. The second-order valence-corrected chi connectivity index (χ2v) is 4.35. The Balaban J connectivity index is 2.11. The number of nitrogens with one attached hydrogen (secondary N) is 1. The maximum Gasteiger partial charge on any atom is 0.274 e. The molecule has 1 aromatic heterocycles. The molecule has 0 spiro atoms. The highest BCUT2D eigenvalue weighted by molar-refractivity contribution is 5.97. The first-order chi connectivity index (χ1) is 7.56. The second-order valence-electron chi connectivity index (χ2n) is 4.35. The molecular weight excluding hydrogens is 208 g/mol. The highest BCUT2D eigenvalue weighted by Gasteiger charge is 2.38. The van der Waals surface area contributed by atoms with Crippen molar-refractivity contribution in [2.24, 2.45) is 7.05 Å². The lowest BCUT2D eigenvalue weighted by Crippen LogP contribution is -2.56. The topological polar surface area (TPSA) is 93.2 Å². The summed E-state index contributed by atoms with van der Waals surface area (Å²) in [6.45, 7) is -0.0362. The lowest BCUT2D eigenvalue weighted by atomic mass is 9.77. The van der Waals surface area contributed by atoms with Crippen LogP contribution in [0.25, 0.3) is 0 Å². The van der Waals surface area contributed by atoms with Crippen LogP contribution in [0.15, 0.2) is 6.20 Å². The van der Waals surface area contributed by atoms with E-state index in [0.29, 0.717) is 5.69 Å². The van der Waals surface area contributed by atoms with Crippen LogP contribution in [0.5, 0.6) is 0 Å². The Morgan fingerprint density at radius 3 is 2.81 bits per heavy atom. The molecule has 0 radical (unpaired) electrons. The van der Waals surface area contributed by atoms with Crippen molar-refractivity contribution in [3.05, 3.63) is 11.9 Å². The summed E-state index contributed by atoms with van der Waals surface area (Å²) in [4.78, 5) is 11.9. The number of aliphatic hydroxyl groups excluding tert-OH is 1. The van der Waals surface area contributed by atoms with Crippen LogP contribution >= 0.6 is 0 Å². The summed E-state index contributed by atoms with van der Waals surface area (Å²) in [7, 11) is 1.71. The van der Waals surface area contributed by atoms with E-state index in [-0.39, 0.29) is 18.2 Å². The first kappa shape index (κ1) is 10.9. The number of carbonyl (C=O) groups excluding carboxylic acids is 1. The van der Waals surface area contributed by atoms with Crippen LogP contribution < -0.4 is 11.1 Å². The van der Waals surface area contributed by atoms with Crippen molar-refractivity contribution < 1.29 is 9.90 Å². The van der Waals surface area contributed by atoms with Crippen molar-refractivity contribution in [2.45, 2.75) is 24.8 Å². The molecule has 1 amide bonds. The van der Waals surface area contributed by atoms with Gasteiger partial charge in [-0.2, -0.15) is 5.10 Å². The molecule has 1 fully saturated rings. The number of carbonyl (C=O) groups is 1. The molecule has 1 aliphatic carbocycles. The molecule has 0 bridgehead atoms. The van der Waals surface area contributed by atoms with Gasteiger partial charge in [0.25, 0.3) is 5.91 Å². The Hall–Kier alpha value is -1.56. The van der Waals surface area contributed by atoms with Gasteiger partial charge >= 0.3 is 0 Å². The summed E-state index contributed by atoms with van der Waals surface area (Å²) in [5, 5.41) is 16.0. The third kappa shape index (κ3) is 1.76. The average Bonchev–Trinajstić information content (AvgIpc) is 2.51. The number of hydrogen-bond donors (Lipinski definition) is 3. The zero-order valence-corrected chi connectivity index (χ0v) is 9.23. The fourth-order valence-electron chi connectivity index (χ4n) is 1.91. The molecule has 1 heterocycles. The first-order valence-electron chi connectivity index (χ1n) is 5.29. The van der Waals surface area contributed by atoms with E-state index in [9.17, 15) is 9.90 Å². The fraction of sp³-hybridized carbons (Fsp3) is 0.600. The lowest BCUT2D eigenvalue weighted by Gasteiger charge is -2.40. The van der Waals surface area contributed by atoms with Crippen LogP contribution in [0.4, 0.5) is 5.69 Å². The van der Waals surface area contributed by atoms with E-state index in [4.69, 9.17) is 5.73 Å². The van der Waals surface area contributed by atoms with Crippen LogP contribution in [-0.2, 0) is 7.05 Å². The monoisotopic (exact) mass is 224 g/mol. The van der Waals surface area contributed by atoms with Crippen molar-refractivity contribution in [2.75, 3.05) is 12.3 Å². The van der Waals surface area contributed by atoms with Gasteiger partial charge in [0.2, 0.25) is 0 Å². The zero-order valence-electron chi connectivity index (χ0n) is 9.23. The van der Waals surface area contributed by atoms with E-state index in [1.54, 1.807) is 13.2 Å². The first-order valence-corrected chi connectivity index (χ1v) is 5.29. The molecule has 0 aromatic carbocycles.